The van der Waals surface area contributed by atoms with E-state index in [9.17, 15) is 9.59 Å². The Kier molecular flexibility index (Phi) is 3.26. The third kappa shape index (κ3) is 2.48. The summed E-state index contributed by atoms with van der Waals surface area (Å²) in [5.74, 6) is -2.44. The highest BCUT2D eigenvalue weighted by molar-refractivity contribution is 7.80. The number of hydrogen-bond acceptors (Lipinski definition) is 4. The van der Waals surface area contributed by atoms with E-state index in [1.807, 2.05) is 0 Å². The summed E-state index contributed by atoms with van der Waals surface area (Å²) in [4.78, 5) is 20.1. The van der Waals surface area contributed by atoms with Gasteiger partial charge in [0.25, 0.3) is 5.78 Å². The summed E-state index contributed by atoms with van der Waals surface area (Å²) in [7, 11) is 0. The van der Waals surface area contributed by atoms with Gasteiger partial charge in [0.2, 0.25) is 0 Å². The number of nitrogens with two attached hydrogens (primary N) is 1. The number of thiol groups is 1. The van der Waals surface area contributed by atoms with Gasteiger partial charge in [0.05, 0.1) is 6.04 Å². The molecule has 0 spiro atoms. The summed E-state index contributed by atoms with van der Waals surface area (Å²) in [5, 5.41) is 8.02. The first-order valence-corrected chi connectivity index (χ1v) is 2.86. The zero-order valence-corrected chi connectivity index (χ0v) is 5.47. The second-order valence-electron chi connectivity index (χ2n) is 1.46. The highest BCUT2D eigenvalue weighted by atomic mass is 32.1. The number of hydrogen-bond donors (Lipinski definition) is 3. The number of ketones is 1. The Morgan fingerprint density at radius 3 is 2.22 bits per heavy atom. The maximum Gasteiger partial charge on any atom is 0.373 e. The van der Waals surface area contributed by atoms with Crippen LogP contribution >= 0.6 is 12.6 Å². The van der Waals surface area contributed by atoms with Crippen LogP contribution in [0.1, 0.15) is 0 Å². The van der Waals surface area contributed by atoms with E-state index in [1.165, 1.54) is 0 Å². The van der Waals surface area contributed by atoms with Crippen molar-refractivity contribution in [3.63, 3.8) is 0 Å². The minimum absolute atomic E-state index is 0.0606. The lowest BCUT2D eigenvalue weighted by Gasteiger charge is -1.99. The van der Waals surface area contributed by atoms with E-state index in [1.54, 1.807) is 0 Å². The van der Waals surface area contributed by atoms with Crippen LogP contribution in [0, 0.1) is 0 Å². The fourth-order valence-electron chi connectivity index (χ4n) is 0.242. The van der Waals surface area contributed by atoms with Gasteiger partial charge in [-0.2, -0.15) is 12.6 Å². The van der Waals surface area contributed by atoms with E-state index >= 15 is 0 Å². The van der Waals surface area contributed by atoms with Crippen LogP contribution in [0.15, 0.2) is 0 Å². The molecule has 9 heavy (non-hydrogen) atoms. The highest BCUT2D eigenvalue weighted by Crippen LogP contribution is 1.85. The molecule has 52 valence electrons. The number of Topliss-reactive ketones (excluding diaryl/α,β-unsaturated/α-hetero) is 1. The molecule has 0 aliphatic heterocycles. The van der Waals surface area contributed by atoms with Crippen molar-refractivity contribution in [3.8, 4) is 0 Å². The monoisotopic (exact) mass is 149 g/mol. The van der Waals surface area contributed by atoms with Crippen LogP contribution in [-0.4, -0.2) is 28.7 Å². The summed E-state index contributed by atoms with van der Waals surface area (Å²) in [6.45, 7) is 0. The van der Waals surface area contributed by atoms with Crippen molar-refractivity contribution < 1.29 is 14.7 Å². The molecule has 0 aromatic heterocycles. The van der Waals surface area contributed by atoms with Gasteiger partial charge in [-0.05, 0) is 0 Å². The van der Waals surface area contributed by atoms with E-state index in [2.05, 4.69) is 12.6 Å². The van der Waals surface area contributed by atoms with Gasteiger partial charge in [-0.1, -0.05) is 0 Å². The van der Waals surface area contributed by atoms with Gasteiger partial charge in [0.1, 0.15) is 0 Å². The average molecular weight is 149 g/mol. The minimum atomic E-state index is -1.50. The van der Waals surface area contributed by atoms with Gasteiger partial charge in [-0.15, -0.1) is 0 Å². The number of carboxylic acids is 1. The largest absolute Gasteiger partial charge is 0.475 e. The Bertz CT molecular complexity index is 136. The number of aliphatic carboxylic acids is 1. The Morgan fingerprint density at radius 2 is 2.11 bits per heavy atom. The third-order valence-electron chi connectivity index (χ3n) is 0.744. The van der Waals surface area contributed by atoms with Crippen molar-refractivity contribution in [2.24, 2.45) is 5.73 Å². The average Bonchev–Trinajstić information content (AvgIpc) is 1.84. The molecule has 0 heterocycles. The van der Waals surface area contributed by atoms with Gasteiger partial charge in [-0.3, -0.25) is 4.79 Å². The Balaban J connectivity index is 3.88. The second kappa shape index (κ2) is 3.47. The molecule has 0 aliphatic carbocycles. The summed E-state index contributed by atoms with van der Waals surface area (Å²) in [5.41, 5.74) is 5.01. The lowest BCUT2D eigenvalue weighted by Crippen LogP contribution is -2.37. The van der Waals surface area contributed by atoms with Crippen molar-refractivity contribution in [1.29, 1.82) is 0 Å². The van der Waals surface area contributed by atoms with Crippen LogP contribution in [0.25, 0.3) is 0 Å². The van der Waals surface area contributed by atoms with Crippen molar-refractivity contribution >= 4 is 24.4 Å². The smallest absolute Gasteiger partial charge is 0.373 e. The first kappa shape index (κ1) is 8.45. The van der Waals surface area contributed by atoms with Crippen molar-refractivity contribution in [2.75, 3.05) is 5.75 Å². The predicted molar refractivity (Wildman–Crippen MR) is 34.5 cm³/mol. The molecular weight excluding hydrogens is 142 g/mol. The fourth-order valence-corrected chi connectivity index (χ4v) is 0.407. The maximum atomic E-state index is 10.3. The minimum Gasteiger partial charge on any atom is -0.475 e. The van der Waals surface area contributed by atoms with Gasteiger partial charge in [0.15, 0.2) is 0 Å². The molecule has 0 saturated heterocycles. The molecule has 4 nitrogen and oxygen atoms in total. The molecular formula is C4H7NO3S. The van der Waals surface area contributed by atoms with E-state index in [0.717, 1.165) is 0 Å². The lowest BCUT2D eigenvalue weighted by atomic mass is 10.2. The number of carbonyl (C=O) groups is 2. The van der Waals surface area contributed by atoms with Gasteiger partial charge >= 0.3 is 5.97 Å². The van der Waals surface area contributed by atoms with E-state index in [-0.39, 0.29) is 5.75 Å². The normalized spacial score (nSPS) is 12.7. The predicted octanol–water partition coefficient (Wildman–Crippen LogP) is -1.10. The summed E-state index contributed by atoms with van der Waals surface area (Å²) in [6.07, 6.45) is 0. The van der Waals surface area contributed by atoms with Crippen molar-refractivity contribution in [2.45, 2.75) is 6.04 Å². The van der Waals surface area contributed by atoms with Crippen LogP contribution in [0.4, 0.5) is 0 Å². The van der Waals surface area contributed by atoms with E-state index in [0.29, 0.717) is 0 Å². The Labute approximate surface area is 57.4 Å². The first-order valence-electron chi connectivity index (χ1n) is 2.23. The van der Waals surface area contributed by atoms with Crippen LogP contribution in [0.3, 0.4) is 0 Å². The van der Waals surface area contributed by atoms with Crippen LogP contribution < -0.4 is 5.73 Å². The summed E-state index contributed by atoms with van der Waals surface area (Å²) < 4.78 is 0. The number of rotatable bonds is 3. The third-order valence-corrected chi connectivity index (χ3v) is 1.14. The summed E-state index contributed by atoms with van der Waals surface area (Å²) in [6, 6.07) is -0.981. The molecule has 0 aliphatic rings. The number of carbonyl (C=O) groups excluding carboxylic acids is 1. The highest BCUT2D eigenvalue weighted by Gasteiger charge is 2.18. The molecule has 3 N–H and O–H groups in total. The van der Waals surface area contributed by atoms with Crippen LogP contribution in [-0.2, 0) is 9.59 Å². The van der Waals surface area contributed by atoms with E-state index < -0.39 is 17.8 Å². The molecule has 0 bridgehead atoms. The van der Waals surface area contributed by atoms with Gasteiger partial charge in [-0.25, -0.2) is 4.79 Å². The second-order valence-corrected chi connectivity index (χ2v) is 1.82. The SMILES string of the molecule is N[C@@H](CS)C(=O)C(=O)O. The molecule has 0 aromatic carbocycles. The van der Waals surface area contributed by atoms with Gasteiger partial charge < -0.3 is 10.8 Å². The molecule has 0 fully saturated rings. The zero-order chi connectivity index (χ0) is 7.44. The zero-order valence-electron chi connectivity index (χ0n) is 4.57. The molecule has 0 radical (unpaired) electrons. The van der Waals surface area contributed by atoms with Crippen LogP contribution in [0.2, 0.25) is 0 Å². The van der Waals surface area contributed by atoms with Crippen molar-refractivity contribution in [3.05, 3.63) is 0 Å². The topological polar surface area (TPSA) is 80.4 Å². The molecule has 0 amide bonds. The first-order chi connectivity index (χ1) is 4.09. The Morgan fingerprint density at radius 1 is 1.67 bits per heavy atom. The molecule has 1 atom stereocenters. The number of carboxylic acid groups (broad SMARTS) is 1. The quantitative estimate of drug-likeness (QED) is 0.351. The van der Waals surface area contributed by atoms with Gasteiger partial charge in [0, 0.05) is 5.75 Å². The molecule has 0 rings (SSSR count). The summed E-state index contributed by atoms with van der Waals surface area (Å²) >= 11 is 3.64. The lowest BCUT2D eigenvalue weighted by molar-refractivity contribution is -0.149. The van der Waals surface area contributed by atoms with Crippen LogP contribution in [0.5, 0.6) is 0 Å². The van der Waals surface area contributed by atoms with Crippen molar-refractivity contribution in [1.82, 2.24) is 0 Å². The molecule has 0 unspecified atom stereocenters. The molecule has 5 heteroatoms. The Hall–Kier alpha value is -0.550. The fraction of sp³-hybridized carbons (Fsp3) is 0.500. The molecule has 0 aromatic rings. The molecule has 0 saturated carbocycles. The maximum absolute atomic E-state index is 10.3. The standard InChI is InChI=1S/C4H7NO3S/c5-2(1-9)3(6)4(7)8/h2,9H,1,5H2,(H,7,8)/t2-/m0/s1. The van der Waals surface area contributed by atoms with E-state index in [4.69, 9.17) is 10.8 Å².